The molecule has 1 aromatic carbocycles. The molecule has 0 saturated carbocycles. The number of alkyl halides is 3. The lowest BCUT2D eigenvalue weighted by Gasteiger charge is -2.25. The molecule has 88 valence electrons. The number of benzene rings is 1. The Morgan fingerprint density at radius 1 is 1.38 bits per heavy atom. The van der Waals surface area contributed by atoms with Gasteiger partial charge < -0.3 is 10.5 Å². The van der Waals surface area contributed by atoms with Gasteiger partial charge in [0.05, 0.1) is 16.6 Å². The van der Waals surface area contributed by atoms with E-state index in [0.717, 1.165) is 12.1 Å². The van der Waals surface area contributed by atoms with Gasteiger partial charge in [0, 0.05) is 18.0 Å². The number of hydrogen-bond acceptors (Lipinski definition) is 2. The van der Waals surface area contributed by atoms with Crippen molar-refractivity contribution in [3.63, 3.8) is 0 Å². The lowest BCUT2D eigenvalue weighted by Crippen LogP contribution is -2.22. The SMILES string of the molecule is N[C@H]1CCOc2c(Br)cc(C(F)(F)F)cc21. The van der Waals surface area contributed by atoms with Crippen LogP contribution in [0.15, 0.2) is 16.6 Å². The first-order valence-corrected chi connectivity index (χ1v) is 5.48. The Hall–Kier alpha value is -0.750. The number of nitrogens with two attached hydrogens (primary N) is 1. The predicted octanol–water partition coefficient (Wildman–Crippen LogP) is 3.25. The molecule has 2 nitrogen and oxygen atoms in total. The fraction of sp³-hybridized carbons (Fsp3) is 0.400. The minimum Gasteiger partial charge on any atom is -0.492 e. The number of ether oxygens (including phenoxy) is 1. The Kier molecular flexibility index (Phi) is 2.88. The topological polar surface area (TPSA) is 35.2 Å². The highest BCUT2D eigenvalue weighted by Crippen LogP contribution is 2.41. The van der Waals surface area contributed by atoms with Gasteiger partial charge in [0.25, 0.3) is 0 Å². The third kappa shape index (κ3) is 2.04. The van der Waals surface area contributed by atoms with Gasteiger partial charge in [0.1, 0.15) is 5.75 Å². The van der Waals surface area contributed by atoms with E-state index in [-0.39, 0.29) is 0 Å². The molecule has 0 amide bonds. The third-order valence-corrected chi connectivity index (χ3v) is 3.06. The van der Waals surface area contributed by atoms with E-state index in [9.17, 15) is 13.2 Å². The highest BCUT2D eigenvalue weighted by atomic mass is 79.9. The Bertz CT molecular complexity index is 419. The Balaban J connectivity index is 2.55. The zero-order chi connectivity index (χ0) is 11.9. The highest BCUT2D eigenvalue weighted by molar-refractivity contribution is 9.10. The predicted molar refractivity (Wildman–Crippen MR) is 56.2 cm³/mol. The van der Waals surface area contributed by atoms with Gasteiger partial charge in [-0.15, -0.1) is 0 Å². The van der Waals surface area contributed by atoms with E-state index < -0.39 is 17.8 Å². The summed E-state index contributed by atoms with van der Waals surface area (Å²) in [5.41, 5.74) is 5.46. The minimum absolute atomic E-state index is 0.299. The first kappa shape index (κ1) is 11.7. The van der Waals surface area contributed by atoms with Crippen molar-refractivity contribution in [3.05, 3.63) is 27.7 Å². The molecule has 6 heteroatoms. The summed E-state index contributed by atoms with van der Waals surface area (Å²) in [6.45, 7) is 0.429. The minimum atomic E-state index is -4.37. The number of hydrogen-bond donors (Lipinski definition) is 1. The first-order chi connectivity index (χ1) is 7.39. The van der Waals surface area contributed by atoms with E-state index in [1.165, 1.54) is 0 Å². The molecule has 0 bridgehead atoms. The van der Waals surface area contributed by atoms with E-state index in [1.54, 1.807) is 0 Å². The van der Waals surface area contributed by atoms with Gasteiger partial charge in [-0.2, -0.15) is 13.2 Å². The van der Waals surface area contributed by atoms with E-state index in [1.807, 2.05) is 0 Å². The van der Waals surface area contributed by atoms with Crippen molar-refractivity contribution in [1.29, 1.82) is 0 Å². The van der Waals surface area contributed by atoms with Crippen LogP contribution in [-0.2, 0) is 6.18 Å². The second-order valence-corrected chi connectivity index (χ2v) is 4.47. The normalized spacial score (nSPS) is 20.2. The van der Waals surface area contributed by atoms with Crippen LogP contribution in [0.2, 0.25) is 0 Å². The van der Waals surface area contributed by atoms with Crippen molar-refractivity contribution in [3.8, 4) is 5.75 Å². The van der Waals surface area contributed by atoms with Gasteiger partial charge in [-0.25, -0.2) is 0 Å². The summed E-state index contributed by atoms with van der Waals surface area (Å²) in [6.07, 6.45) is -3.84. The molecule has 1 atom stereocenters. The number of rotatable bonds is 0. The molecule has 1 heterocycles. The molecular weight excluding hydrogens is 287 g/mol. The van der Waals surface area contributed by atoms with Crippen LogP contribution in [0.1, 0.15) is 23.6 Å². The Labute approximate surface area is 98.7 Å². The van der Waals surface area contributed by atoms with Gasteiger partial charge in [-0.1, -0.05) is 0 Å². The van der Waals surface area contributed by atoms with Crippen LogP contribution in [0.4, 0.5) is 13.2 Å². The van der Waals surface area contributed by atoms with Gasteiger partial charge in [-0.05, 0) is 28.1 Å². The fourth-order valence-electron chi connectivity index (χ4n) is 1.65. The summed E-state index contributed by atoms with van der Waals surface area (Å²) in [4.78, 5) is 0. The van der Waals surface area contributed by atoms with Crippen molar-refractivity contribution in [2.24, 2.45) is 5.73 Å². The maximum absolute atomic E-state index is 12.6. The van der Waals surface area contributed by atoms with E-state index >= 15 is 0 Å². The largest absolute Gasteiger partial charge is 0.492 e. The molecule has 16 heavy (non-hydrogen) atoms. The molecule has 0 saturated heterocycles. The monoisotopic (exact) mass is 295 g/mol. The van der Waals surface area contributed by atoms with Crippen LogP contribution < -0.4 is 10.5 Å². The van der Waals surface area contributed by atoms with Crippen molar-refractivity contribution in [2.75, 3.05) is 6.61 Å². The van der Waals surface area contributed by atoms with Gasteiger partial charge in [-0.3, -0.25) is 0 Å². The molecule has 1 aliphatic heterocycles. The van der Waals surface area contributed by atoms with Crippen LogP contribution in [-0.4, -0.2) is 6.61 Å². The summed E-state index contributed by atoms with van der Waals surface area (Å²) in [5.74, 6) is 0.423. The standard InChI is InChI=1S/C10H9BrF3NO/c11-7-4-5(10(12,13)14)3-6-8(15)1-2-16-9(6)7/h3-4,8H,1-2,15H2/t8-/m0/s1. The average molecular weight is 296 g/mol. The Morgan fingerprint density at radius 3 is 2.69 bits per heavy atom. The first-order valence-electron chi connectivity index (χ1n) is 4.68. The molecule has 0 aromatic heterocycles. The molecule has 0 aliphatic carbocycles. The smallest absolute Gasteiger partial charge is 0.416 e. The van der Waals surface area contributed by atoms with Crippen LogP contribution in [0.25, 0.3) is 0 Å². The molecule has 1 aromatic rings. The molecule has 2 N–H and O–H groups in total. The molecule has 0 spiro atoms. The molecular formula is C10H9BrF3NO. The summed E-state index contributed by atoms with van der Waals surface area (Å²) in [7, 11) is 0. The third-order valence-electron chi connectivity index (χ3n) is 2.47. The van der Waals surface area contributed by atoms with Crippen LogP contribution in [0.5, 0.6) is 5.75 Å². The van der Waals surface area contributed by atoms with E-state index in [0.29, 0.717) is 28.8 Å². The highest BCUT2D eigenvalue weighted by Gasteiger charge is 2.33. The maximum atomic E-state index is 12.6. The summed E-state index contributed by atoms with van der Waals surface area (Å²) in [6, 6.07) is 1.67. The van der Waals surface area contributed by atoms with Gasteiger partial charge in [0.2, 0.25) is 0 Å². The zero-order valence-electron chi connectivity index (χ0n) is 8.14. The van der Waals surface area contributed by atoms with Crippen LogP contribution in [0, 0.1) is 0 Å². The Morgan fingerprint density at radius 2 is 2.06 bits per heavy atom. The van der Waals surface area contributed by atoms with Crippen molar-refractivity contribution < 1.29 is 17.9 Å². The molecule has 1 aliphatic rings. The fourth-order valence-corrected chi connectivity index (χ4v) is 2.24. The molecule has 0 fully saturated rings. The lowest BCUT2D eigenvalue weighted by atomic mass is 9.99. The van der Waals surface area contributed by atoms with Crippen LogP contribution >= 0.6 is 15.9 Å². The molecule has 0 unspecified atom stereocenters. The summed E-state index contributed by atoms with van der Waals surface area (Å²) >= 11 is 3.07. The number of fused-ring (bicyclic) bond motifs is 1. The number of halogens is 4. The van der Waals surface area contributed by atoms with Gasteiger partial charge in [0.15, 0.2) is 0 Å². The van der Waals surface area contributed by atoms with E-state index in [4.69, 9.17) is 10.5 Å². The van der Waals surface area contributed by atoms with Crippen molar-refractivity contribution in [2.45, 2.75) is 18.6 Å². The van der Waals surface area contributed by atoms with Crippen molar-refractivity contribution >= 4 is 15.9 Å². The summed E-state index contributed by atoms with van der Waals surface area (Å²) < 4.78 is 43.3. The second-order valence-electron chi connectivity index (χ2n) is 3.62. The molecule has 2 rings (SSSR count). The maximum Gasteiger partial charge on any atom is 0.416 e. The van der Waals surface area contributed by atoms with Gasteiger partial charge >= 0.3 is 6.18 Å². The van der Waals surface area contributed by atoms with E-state index in [2.05, 4.69) is 15.9 Å². The zero-order valence-corrected chi connectivity index (χ0v) is 9.73. The average Bonchev–Trinajstić information content (AvgIpc) is 2.18. The van der Waals surface area contributed by atoms with Crippen LogP contribution in [0.3, 0.4) is 0 Å². The second kappa shape index (κ2) is 3.92. The quantitative estimate of drug-likeness (QED) is 0.797. The summed E-state index contributed by atoms with van der Waals surface area (Å²) in [5, 5.41) is 0. The van der Waals surface area contributed by atoms with Crippen molar-refractivity contribution in [1.82, 2.24) is 0 Å². The lowest BCUT2D eigenvalue weighted by molar-refractivity contribution is -0.137. The molecule has 0 radical (unpaired) electrons.